The Morgan fingerprint density at radius 3 is 2.54 bits per heavy atom. The average Bonchev–Trinajstić information content (AvgIpc) is 2.53. The summed E-state index contributed by atoms with van der Waals surface area (Å²) >= 11 is 3.09. The highest BCUT2D eigenvalue weighted by molar-refractivity contribution is 9.10. The average molecular weight is 415 g/mol. The molecule has 2 rings (SSSR count). The lowest BCUT2D eigenvalue weighted by Gasteiger charge is -2.23. The zero-order chi connectivity index (χ0) is 17.9. The van der Waals surface area contributed by atoms with Crippen LogP contribution in [0.1, 0.15) is 0 Å². The Hall–Kier alpha value is -2.26. The van der Waals surface area contributed by atoms with Crippen LogP contribution in [0.3, 0.4) is 0 Å². The third-order valence-electron chi connectivity index (χ3n) is 3.10. The van der Waals surface area contributed by atoms with Crippen LogP contribution in [0.15, 0.2) is 64.5 Å². The van der Waals surface area contributed by atoms with Crippen LogP contribution in [0.4, 0.5) is 15.8 Å². The van der Waals surface area contributed by atoms with Crippen molar-refractivity contribution in [2.24, 2.45) is 0 Å². The number of halogens is 2. The first-order valence-corrected chi connectivity index (χ1v) is 8.84. The van der Waals surface area contributed by atoms with E-state index >= 15 is 0 Å². The Morgan fingerprint density at radius 1 is 1.29 bits per heavy atom. The van der Waals surface area contributed by atoms with Gasteiger partial charge in [0.25, 0.3) is 15.7 Å². The molecule has 24 heavy (non-hydrogen) atoms. The van der Waals surface area contributed by atoms with E-state index in [-0.39, 0.29) is 12.2 Å². The van der Waals surface area contributed by atoms with Crippen LogP contribution >= 0.6 is 15.9 Å². The molecule has 0 saturated carbocycles. The number of sulfonamides is 1. The summed E-state index contributed by atoms with van der Waals surface area (Å²) in [6.45, 7) is 3.22. The molecule has 0 spiro atoms. The standard InChI is InChI=1S/C15H12BrFN2O4S/c1-2-9-18(13-8-7-11(16)10-12(13)17)24(22,23)15-6-4-3-5-14(15)19(20)21/h2-8,10H,1,9H2. The first kappa shape index (κ1) is 18.1. The topological polar surface area (TPSA) is 80.5 Å². The summed E-state index contributed by atoms with van der Waals surface area (Å²) in [7, 11) is -4.36. The summed E-state index contributed by atoms with van der Waals surface area (Å²) in [5.41, 5.74) is -0.805. The third kappa shape index (κ3) is 3.46. The van der Waals surface area contributed by atoms with E-state index in [1.807, 2.05) is 0 Å². The fourth-order valence-electron chi connectivity index (χ4n) is 2.07. The SMILES string of the molecule is C=CCN(c1ccc(Br)cc1F)S(=O)(=O)c1ccccc1[N+](=O)[O-]. The molecule has 6 nitrogen and oxygen atoms in total. The lowest BCUT2D eigenvalue weighted by molar-refractivity contribution is -0.387. The molecule has 0 radical (unpaired) electrons. The summed E-state index contributed by atoms with van der Waals surface area (Å²) in [6, 6.07) is 8.77. The number of para-hydroxylation sites is 1. The predicted molar refractivity (Wildman–Crippen MR) is 91.9 cm³/mol. The van der Waals surface area contributed by atoms with E-state index in [1.54, 1.807) is 0 Å². The van der Waals surface area contributed by atoms with E-state index < -0.39 is 31.3 Å². The first-order chi connectivity index (χ1) is 11.3. The molecule has 2 aromatic carbocycles. The van der Waals surface area contributed by atoms with E-state index in [2.05, 4.69) is 22.5 Å². The van der Waals surface area contributed by atoms with Gasteiger partial charge in [-0.15, -0.1) is 6.58 Å². The number of rotatable bonds is 6. The second-order valence-corrected chi connectivity index (χ2v) is 7.39. The van der Waals surface area contributed by atoms with Crippen molar-refractivity contribution in [3.05, 3.63) is 75.5 Å². The van der Waals surface area contributed by atoms with E-state index in [1.165, 1.54) is 30.3 Å². The Labute approximate surface area is 146 Å². The van der Waals surface area contributed by atoms with Crippen molar-refractivity contribution in [2.45, 2.75) is 4.90 Å². The third-order valence-corrected chi connectivity index (χ3v) is 5.42. The second-order valence-electron chi connectivity index (χ2n) is 4.65. The molecule has 0 aliphatic heterocycles. The van der Waals surface area contributed by atoms with Crippen LogP contribution in [0.5, 0.6) is 0 Å². The van der Waals surface area contributed by atoms with E-state index in [9.17, 15) is 22.9 Å². The van der Waals surface area contributed by atoms with Gasteiger partial charge in [0.15, 0.2) is 4.90 Å². The Kier molecular flexibility index (Phi) is 5.35. The monoisotopic (exact) mass is 414 g/mol. The Morgan fingerprint density at radius 2 is 1.96 bits per heavy atom. The van der Waals surface area contributed by atoms with Crippen molar-refractivity contribution in [1.29, 1.82) is 0 Å². The molecule has 2 aromatic rings. The largest absolute Gasteiger partial charge is 0.289 e. The smallest absolute Gasteiger partial charge is 0.259 e. The fraction of sp³-hybridized carbons (Fsp3) is 0.0667. The molecule has 0 aliphatic rings. The highest BCUT2D eigenvalue weighted by Gasteiger charge is 2.32. The molecule has 0 unspecified atom stereocenters. The molecule has 0 bridgehead atoms. The van der Waals surface area contributed by atoms with Gasteiger partial charge in [-0.1, -0.05) is 34.1 Å². The molecule has 0 saturated heterocycles. The maximum Gasteiger partial charge on any atom is 0.289 e. The maximum atomic E-state index is 14.2. The Balaban J connectivity index is 2.67. The van der Waals surface area contributed by atoms with Crippen LogP contribution in [-0.2, 0) is 10.0 Å². The zero-order valence-corrected chi connectivity index (χ0v) is 14.6. The zero-order valence-electron chi connectivity index (χ0n) is 12.2. The maximum absolute atomic E-state index is 14.2. The molecule has 9 heteroatoms. The molecule has 0 N–H and O–H groups in total. The van der Waals surface area contributed by atoms with Gasteiger partial charge in [-0.05, 0) is 24.3 Å². The van der Waals surface area contributed by atoms with E-state index in [0.717, 1.165) is 22.5 Å². The minimum absolute atomic E-state index is 0.226. The lowest BCUT2D eigenvalue weighted by atomic mass is 10.3. The van der Waals surface area contributed by atoms with Gasteiger partial charge in [-0.2, -0.15) is 0 Å². The van der Waals surface area contributed by atoms with Crippen LogP contribution in [0.2, 0.25) is 0 Å². The van der Waals surface area contributed by atoms with Crippen LogP contribution < -0.4 is 4.31 Å². The van der Waals surface area contributed by atoms with Crippen molar-refractivity contribution in [2.75, 3.05) is 10.8 Å². The lowest BCUT2D eigenvalue weighted by Crippen LogP contribution is -2.32. The fourth-order valence-corrected chi connectivity index (χ4v) is 4.01. The summed E-state index contributed by atoms with van der Waals surface area (Å²) in [4.78, 5) is 9.81. The van der Waals surface area contributed by atoms with E-state index in [4.69, 9.17) is 0 Å². The molecule has 0 aliphatic carbocycles. The number of nitrogens with zero attached hydrogens (tertiary/aromatic N) is 2. The minimum Gasteiger partial charge on any atom is -0.259 e. The molecule has 0 fully saturated rings. The normalized spacial score (nSPS) is 11.1. The Bertz CT molecular complexity index is 902. The summed E-state index contributed by atoms with van der Waals surface area (Å²) < 4.78 is 41.2. The summed E-state index contributed by atoms with van der Waals surface area (Å²) in [5.74, 6) is -0.784. The summed E-state index contributed by atoms with van der Waals surface area (Å²) in [6.07, 6.45) is 1.27. The highest BCUT2D eigenvalue weighted by atomic mass is 79.9. The number of nitro groups is 1. The van der Waals surface area contributed by atoms with Crippen LogP contribution in [0.25, 0.3) is 0 Å². The van der Waals surface area contributed by atoms with Crippen molar-refractivity contribution in [3.63, 3.8) is 0 Å². The van der Waals surface area contributed by atoms with Crippen LogP contribution in [0, 0.1) is 15.9 Å². The van der Waals surface area contributed by atoms with Crippen molar-refractivity contribution in [3.8, 4) is 0 Å². The number of anilines is 1. The predicted octanol–water partition coefficient (Wildman–Crippen LogP) is 3.88. The first-order valence-electron chi connectivity index (χ1n) is 6.61. The van der Waals surface area contributed by atoms with Gasteiger partial charge >= 0.3 is 0 Å². The van der Waals surface area contributed by atoms with Gasteiger partial charge in [-0.3, -0.25) is 14.4 Å². The molecular formula is C15H12BrFN2O4S. The molecule has 0 amide bonds. The quantitative estimate of drug-likeness (QED) is 0.408. The molecule has 0 atom stereocenters. The molecule has 0 aromatic heterocycles. The van der Waals surface area contributed by atoms with Gasteiger partial charge < -0.3 is 0 Å². The van der Waals surface area contributed by atoms with Crippen molar-refractivity contribution >= 4 is 37.3 Å². The second kappa shape index (κ2) is 7.10. The van der Waals surface area contributed by atoms with Gasteiger partial charge in [0.2, 0.25) is 0 Å². The minimum atomic E-state index is -4.36. The van der Waals surface area contributed by atoms with Gasteiger partial charge in [0.05, 0.1) is 17.2 Å². The van der Waals surface area contributed by atoms with Gasteiger partial charge in [0, 0.05) is 10.5 Å². The highest BCUT2D eigenvalue weighted by Crippen LogP contribution is 2.32. The number of benzene rings is 2. The summed E-state index contributed by atoms with van der Waals surface area (Å²) in [5, 5.41) is 11.1. The number of nitro benzene ring substituents is 1. The molecule has 126 valence electrons. The molecule has 0 heterocycles. The van der Waals surface area contributed by atoms with Gasteiger partial charge in [0.1, 0.15) is 5.82 Å². The number of hydrogen-bond acceptors (Lipinski definition) is 4. The van der Waals surface area contributed by atoms with Crippen LogP contribution in [-0.4, -0.2) is 19.9 Å². The molecular weight excluding hydrogens is 403 g/mol. The number of hydrogen-bond donors (Lipinski definition) is 0. The van der Waals surface area contributed by atoms with E-state index in [0.29, 0.717) is 4.47 Å². The van der Waals surface area contributed by atoms with Crippen molar-refractivity contribution in [1.82, 2.24) is 0 Å². The van der Waals surface area contributed by atoms with Crippen molar-refractivity contribution < 1.29 is 17.7 Å². The van der Waals surface area contributed by atoms with Gasteiger partial charge in [-0.25, -0.2) is 12.8 Å².